The van der Waals surface area contributed by atoms with Crippen molar-refractivity contribution in [3.05, 3.63) is 0 Å². The highest BCUT2D eigenvalue weighted by atomic mass is 16.4. The predicted molar refractivity (Wildman–Crippen MR) is 39.9 cm³/mol. The first kappa shape index (κ1) is 7.10. The molecule has 2 aliphatic carbocycles. The molecule has 2 saturated carbocycles. The lowest BCUT2D eigenvalue weighted by atomic mass is 9.86. The van der Waals surface area contributed by atoms with Crippen molar-refractivity contribution in [1.29, 1.82) is 0 Å². The third kappa shape index (κ3) is 0.948. The SMILES string of the molecule is NC1CC2CC1CC2C(=O)O. The van der Waals surface area contributed by atoms with Gasteiger partial charge < -0.3 is 10.8 Å². The molecule has 4 atom stereocenters. The molecule has 2 rings (SSSR count). The minimum atomic E-state index is -0.621. The van der Waals surface area contributed by atoms with Crippen molar-refractivity contribution in [1.82, 2.24) is 0 Å². The first-order chi connectivity index (χ1) is 5.18. The number of carboxylic acids is 1. The maximum atomic E-state index is 10.7. The number of fused-ring (bicyclic) bond motifs is 2. The molecule has 3 nitrogen and oxygen atoms in total. The third-order valence-corrected chi connectivity index (χ3v) is 3.23. The van der Waals surface area contributed by atoms with Gasteiger partial charge in [-0.2, -0.15) is 0 Å². The van der Waals surface area contributed by atoms with Crippen LogP contribution in [0.3, 0.4) is 0 Å². The Balaban J connectivity index is 2.08. The van der Waals surface area contributed by atoms with Gasteiger partial charge >= 0.3 is 5.97 Å². The van der Waals surface area contributed by atoms with E-state index in [0.717, 1.165) is 19.3 Å². The second-order valence-corrected chi connectivity index (χ2v) is 3.84. The third-order valence-electron chi connectivity index (χ3n) is 3.23. The molecule has 0 spiro atoms. The normalized spacial score (nSPS) is 48.1. The molecule has 2 fully saturated rings. The molecule has 0 aromatic carbocycles. The van der Waals surface area contributed by atoms with Gasteiger partial charge in [0.25, 0.3) is 0 Å². The van der Waals surface area contributed by atoms with Crippen molar-refractivity contribution >= 4 is 5.97 Å². The average Bonchev–Trinajstić information content (AvgIpc) is 2.43. The number of carboxylic acid groups (broad SMARTS) is 1. The molecule has 2 aliphatic rings. The summed E-state index contributed by atoms with van der Waals surface area (Å²) >= 11 is 0. The maximum absolute atomic E-state index is 10.7. The van der Waals surface area contributed by atoms with Crippen LogP contribution in [-0.4, -0.2) is 17.1 Å². The molecule has 11 heavy (non-hydrogen) atoms. The van der Waals surface area contributed by atoms with Gasteiger partial charge in [-0.15, -0.1) is 0 Å². The number of hydrogen-bond donors (Lipinski definition) is 2. The van der Waals surface area contributed by atoms with Gasteiger partial charge in [0.15, 0.2) is 0 Å². The molecule has 0 radical (unpaired) electrons. The maximum Gasteiger partial charge on any atom is 0.306 e. The zero-order valence-electron chi connectivity index (χ0n) is 6.36. The van der Waals surface area contributed by atoms with Gasteiger partial charge in [0, 0.05) is 6.04 Å². The van der Waals surface area contributed by atoms with Gasteiger partial charge in [-0.05, 0) is 31.1 Å². The van der Waals surface area contributed by atoms with Crippen LogP contribution >= 0.6 is 0 Å². The van der Waals surface area contributed by atoms with Gasteiger partial charge in [-0.25, -0.2) is 0 Å². The van der Waals surface area contributed by atoms with E-state index in [1.165, 1.54) is 0 Å². The van der Waals surface area contributed by atoms with Crippen molar-refractivity contribution in [3.63, 3.8) is 0 Å². The quantitative estimate of drug-likeness (QED) is 0.577. The van der Waals surface area contributed by atoms with E-state index in [9.17, 15) is 4.79 Å². The lowest BCUT2D eigenvalue weighted by Crippen LogP contribution is -2.32. The Bertz CT molecular complexity index is 191. The second kappa shape index (κ2) is 2.21. The highest BCUT2D eigenvalue weighted by molar-refractivity contribution is 5.71. The summed E-state index contributed by atoms with van der Waals surface area (Å²) in [5.74, 6) is 0.179. The Labute approximate surface area is 65.6 Å². The van der Waals surface area contributed by atoms with Crippen LogP contribution in [0.2, 0.25) is 0 Å². The van der Waals surface area contributed by atoms with Crippen molar-refractivity contribution < 1.29 is 9.90 Å². The fraction of sp³-hybridized carbons (Fsp3) is 0.875. The van der Waals surface area contributed by atoms with Crippen LogP contribution in [0.4, 0.5) is 0 Å². The first-order valence-electron chi connectivity index (χ1n) is 4.17. The Morgan fingerprint density at radius 1 is 1.27 bits per heavy atom. The number of carbonyl (C=O) groups is 1. The lowest BCUT2D eigenvalue weighted by molar-refractivity contribution is -0.143. The van der Waals surface area contributed by atoms with E-state index in [4.69, 9.17) is 10.8 Å². The zero-order valence-corrected chi connectivity index (χ0v) is 6.36. The molecule has 0 saturated heterocycles. The van der Waals surface area contributed by atoms with E-state index >= 15 is 0 Å². The smallest absolute Gasteiger partial charge is 0.306 e. The summed E-state index contributed by atoms with van der Waals surface area (Å²) in [7, 11) is 0. The van der Waals surface area contributed by atoms with E-state index in [0.29, 0.717) is 11.8 Å². The molecule has 0 heterocycles. The van der Waals surface area contributed by atoms with Crippen LogP contribution in [-0.2, 0) is 4.79 Å². The second-order valence-electron chi connectivity index (χ2n) is 3.84. The van der Waals surface area contributed by atoms with Gasteiger partial charge in [-0.1, -0.05) is 0 Å². The van der Waals surface area contributed by atoms with E-state index in [1.54, 1.807) is 0 Å². The van der Waals surface area contributed by atoms with E-state index < -0.39 is 5.97 Å². The number of aliphatic carboxylic acids is 1. The van der Waals surface area contributed by atoms with Crippen LogP contribution in [0.5, 0.6) is 0 Å². The topological polar surface area (TPSA) is 63.3 Å². The molecule has 62 valence electrons. The molecule has 3 heteroatoms. The Hall–Kier alpha value is -0.570. The fourth-order valence-corrected chi connectivity index (χ4v) is 2.62. The summed E-state index contributed by atoms with van der Waals surface area (Å²) in [6, 6.07) is 0.288. The fourth-order valence-electron chi connectivity index (χ4n) is 2.62. The standard InChI is InChI=1S/C8H13NO2/c9-7-3-4-1-5(7)2-6(4)8(10)11/h4-7H,1-3,9H2,(H,10,11). The molecule has 0 aliphatic heterocycles. The Morgan fingerprint density at radius 3 is 2.36 bits per heavy atom. The first-order valence-corrected chi connectivity index (χ1v) is 4.17. The van der Waals surface area contributed by atoms with Gasteiger partial charge in [0.2, 0.25) is 0 Å². The van der Waals surface area contributed by atoms with Crippen LogP contribution in [0.1, 0.15) is 19.3 Å². The molecule has 3 N–H and O–H groups in total. The highest BCUT2D eigenvalue weighted by Gasteiger charge is 2.47. The van der Waals surface area contributed by atoms with Crippen LogP contribution in [0.15, 0.2) is 0 Å². The number of rotatable bonds is 1. The summed E-state index contributed by atoms with van der Waals surface area (Å²) in [5, 5.41) is 8.78. The van der Waals surface area contributed by atoms with Crippen molar-refractivity contribution in [2.45, 2.75) is 25.3 Å². The molecule has 0 aromatic rings. The van der Waals surface area contributed by atoms with Crippen molar-refractivity contribution in [2.75, 3.05) is 0 Å². The van der Waals surface area contributed by atoms with Crippen LogP contribution < -0.4 is 5.73 Å². The summed E-state index contributed by atoms with van der Waals surface area (Å²) < 4.78 is 0. The summed E-state index contributed by atoms with van der Waals surface area (Å²) in [4.78, 5) is 10.7. The van der Waals surface area contributed by atoms with E-state index in [2.05, 4.69) is 0 Å². The molecule has 2 bridgehead atoms. The molecular weight excluding hydrogens is 142 g/mol. The van der Waals surface area contributed by atoms with Crippen molar-refractivity contribution in [3.8, 4) is 0 Å². The van der Waals surface area contributed by atoms with Crippen LogP contribution in [0.25, 0.3) is 0 Å². The van der Waals surface area contributed by atoms with Gasteiger partial charge in [0.05, 0.1) is 5.92 Å². The number of hydrogen-bond acceptors (Lipinski definition) is 2. The van der Waals surface area contributed by atoms with Gasteiger partial charge in [0.1, 0.15) is 0 Å². The Kier molecular flexibility index (Phi) is 1.42. The molecular formula is C8H13NO2. The largest absolute Gasteiger partial charge is 0.481 e. The van der Waals surface area contributed by atoms with Crippen molar-refractivity contribution in [2.24, 2.45) is 23.5 Å². The monoisotopic (exact) mass is 155 g/mol. The van der Waals surface area contributed by atoms with Crippen LogP contribution in [0, 0.1) is 17.8 Å². The minimum Gasteiger partial charge on any atom is -0.481 e. The summed E-state index contributed by atoms with van der Waals surface area (Å²) in [5.41, 5.74) is 5.79. The van der Waals surface area contributed by atoms with E-state index in [1.807, 2.05) is 0 Å². The molecule has 4 unspecified atom stereocenters. The zero-order chi connectivity index (χ0) is 8.01. The molecule has 0 amide bonds. The lowest BCUT2D eigenvalue weighted by Gasteiger charge is -2.21. The summed E-state index contributed by atoms with van der Waals surface area (Å²) in [6.45, 7) is 0. The van der Waals surface area contributed by atoms with E-state index in [-0.39, 0.29) is 12.0 Å². The predicted octanol–water partition coefficient (Wildman–Crippen LogP) is 0.444. The average molecular weight is 155 g/mol. The number of nitrogens with two attached hydrogens (primary N) is 1. The Morgan fingerprint density at radius 2 is 2.00 bits per heavy atom. The molecule has 0 aromatic heterocycles. The highest BCUT2D eigenvalue weighted by Crippen LogP contribution is 2.47. The van der Waals surface area contributed by atoms with Gasteiger partial charge in [-0.3, -0.25) is 4.79 Å². The minimum absolute atomic E-state index is 0.0835. The summed E-state index contributed by atoms with van der Waals surface area (Å²) in [6.07, 6.45) is 2.81.